The molecule has 126 valence electrons. The van der Waals surface area contributed by atoms with Gasteiger partial charge in [-0.3, -0.25) is 4.79 Å². The predicted octanol–water partition coefficient (Wildman–Crippen LogP) is 2.87. The molecule has 2 aromatic rings. The predicted molar refractivity (Wildman–Crippen MR) is 103 cm³/mol. The molecule has 0 aliphatic heterocycles. The molecule has 0 aliphatic carbocycles. The summed E-state index contributed by atoms with van der Waals surface area (Å²) >= 11 is 2.23. The van der Waals surface area contributed by atoms with Crippen LogP contribution in [0.4, 0.5) is 5.69 Å². The van der Waals surface area contributed by atoms with Crippen LogP contribution in [0.3, 0.4) is 0 Å². The van der Waals surface area contributed by atoms with E-state index in [2.05, 4.69) is 38.4 Å². The summed E-state index contributed by atoms with van der Waals surface area (Å²) in [6, 6.07) is 13.1. The Bertz CT molecular complexity index is 718. The van der Waals surface area contributed by atoms with E-state index >= 15 is 0 Å². The van der Waals surface area contributed by atoms with Crippen molar-refractivity contribution in [3.63, 3.8) is 0 Å². The topological polar surface area (TPSA) is 72.0 Å². The van der Waals surface area contributed by atoms with Gasteiger partial charge in [-0.2, -0.15) is 5.10 Å². The Hall–Kier alpha value is -2.29. The summed E-state index contributed by atoms with van der Waals surface area (Å²) in [4.78, 5) is 11.8. The van der Waals surface area contributed by atoms with Crippen molar-refractivity contribution in [2.75, 3.05) is 26.1 Å². The number of hydrogen-bond acceptors (Lipinski definition) is 5. The molecule has 7 heteroatoms. The first-order chi connectivity index (χ1) is 11.6. The molecule has 0 atom stereocenters. The number of carbonyl (C=O) groups is 1. The van der Waals surface area contributed by atoms with Crippen molar-refractivity contribution in [2.45, 2.75) is 0 Å². The lowest BCUT2D eigenvalue weighted by atomic mass is 10.2. The highest BCUT2D eigenvalue weighted by molar-refractivity contribution is 14.1. The van der Waals surface area contributed by atoms with Crippen LogP contribution in [0, 0.1) is 3.57 Å². The van der Waals surface area contributed by atoms with Gasteiger partial charge in [-0.1, -0.05) is 0 Å². The van der Waals surface area contributed by atoms with E-state index in [1.54, 1.807) is 32.6 Å². The van der Waals surface area contributed by atoms with Gasteiger partial charge in [0.15, 0.2) is 11.5 Å². The van der Waals surface area contributed by atoms with Crippen molar-refractivity contribution < 1.29 is 14.3 Å². The molecule has 0 heterocycles. The number of hydrazone groups is 1. The molecule has 0 saturated carbocycles. The third kappa shape index (κ3) is 5.41. The third-order valence-corrected chi connectivity index (χ3v) is 3.83. The molecular formula is C17H18IN3O3. The maximum absolute atomic E-state index is 11.8. The van der Waals surface area contributed by atoms with Crippen molar-refractivity contribution in [3.05, 3.63) is 51.6 Å². The largest absolute Gasteiger partial charge is 0.493 e. The van der Waals surface area contributed by atoms with Gasteiger partial charge in [-0.05, 0) is 70.6 Å². The van der Waals surface area contributed by atoms with Gasteiger partial charge < -0.3 is 14.8 Å². The Morgan fingerprint density at radius 2 is 1.83 bits per heavy atom. The van der Waals surface area contributed by atoms with Crippen molar-refractivity contribution in [3.8, 4) is 11.5 Å². The SMILES string of the molecule is COc1ccc(/C=N/NC(=O)CNc2ccc(I)cc2)cc1OC. The zero-order valence-electron chi connectivity index (χ0n) is 13.4. The summed E-state index contributed by atoms with van der Waals surface area (Å²) in [6.07, 6.45) is 1.55. The summed E-state index contributed by atoms with van der Waals surface area (Å²) < 4.78 is 11.5. The first-order valence-corrected chi connectivity index (χ1v) is 8.23. The number of benzene rings is 2. The number of methoxy groups -OCH3 is 2. The zero-order chi connectivity index (χ0) is 17.4. The fourth-order valence-corrected chi connectivity index (χ4v) is 2.26. The quantitative estimate of drug-likeness (QED) is 0.396. The fourth-order valence-electron chi connectivity index (χ4n) is 1.90. The highest BCUT2D eigenvalue weighted by atomic mass is 127. The van der Waals surface area contributed by atoms with Crippen LogP contribution in [-0.4, -0.2) is 32.9 Å². The molecule has 0 fully saturated rings. The molecular weight excluding hydrogens is 421 g/mol. The van der Waals surface area contributed by atoms with E-state index in [1.165, 1.54) is 0 Å². The van der Waals surface area contributed by atoms with E-state index in [0.717, 1.165) is 14.8 Å². The molecule has 6 nitrogen and oxygen atoms in total. The Morgan fingerprint density at radius 3 is 2.50 bits per heavy atom. The average Bonchev–Trinajstić information content (AvgIpc) is 2.61. The number of ether oxygens (including phenoxy) is 2. The maximum Gasteiger partial charge on any atom is 0.259 e. The lowest BCUT2D eigenvalue weighted by Gasteiger charge is -2.07. The van der Waals surface area contributed by atoms with Crippen LogP contribution >= 0.6 is 22.6 Å². The Morgan fingerprint density at radius 1 is 1.12 bits per heavy atom. The zero-order valence-corrected chi connectivity index (χ0v) is 15.5. The van der Waals surface area contributed by atoms with E-state index in [9.17, 15) is 4.79 Å². The Kier molecular flexibility index (Phi) is 6.86. The van der Waals surface area contributed by atoms with Gasteiger partial charge in [-0.15, -0.1) is 0 Å². The van der Waals surface area contributed by atoms with Crippen molar-refractivity contribution in [1.29, 1.82) is 0 Å². The van der Waals surface area contributed by atoms with Gasteiger partial charge in [0.25, 0.3) is 5.91 Å². The van der Waals surface area contributed by atoms with Crippen LogP contribution in [-0.2, 0) is 4.79 Å². The molecule has 2 rings (SSSR count). The summed E-state index contributed by atoms with van der Waals surface area (Å²) in [6.45, 7) is 0.143. The minimum absolute atomic E-state index is 0.143. The number of nitrogens with zero attached hydrogens (tertiary/aromatic N) is 1. The Balaban J connectivity index is 1.84. The summed E-state index contributed by atoms with van der Waals surface area (Å²) in [5.74, 6) is 1.01. The maximum atomic E-state index is 11.8. The smallest absolute Gasteiger partial charge is 0.259 e. The van der Waals surface area contributed by atoms with Crippen LogP contribution in [0.25, 0.3) is 0 Å². The normalized spacial score (nSPS) is 10.5. The van der Waals surface area contributed by atoms with Crippen LogP contribution in [0.15, 0.2) is 47.6 Å². The number of rotatable bonds is 7. The number of nitrogens with one attached hydrogen (secondary N) is 2. The summed E-state index contributed by atoms with van der Waals surface area (Å²) in [5, 5.41) is 6.96. The van der Waals surface area contributed by atoms with Crippen LogP contribution < -0.4 is 20.2 Å². The van der Waals surface area contributed by atoms with Gasteiger partial charge in [-0.25, -0.2) is 5.43 Å². The van der Waals surface area contributed by atoms with Gasteiger partial charge in [0, 0.05) is 9.26 Å². The third-order valence-electron chi connectivity index (χ3n) is 3.11. The molecule has 2 aromatic carbocycles. The minimum Gasteiger partial charge on any atom is -0.493 e. The number of carbonyl (C=O) groups excluding carboxylic acids is 1. The number of halogens is 1. The number of anilines is 1. The molecule has 0 aromatic heterocycles. The standard InChI is InChI=1S/C17H18IN3O3/c1-23-15-8-3-12(9-16(15)24-2)10-20-21-17(22)11-19-14-6-4-13(18)5-7-14/h3-10,19H,11H2,1-2H3,(H,21,22)/b20-10+. The fraction of sp³-hybridized carbons (Fsp3) is 0.176. The van der Waals surface area contributed by atoms with Crippen LogP contribution in [0.5, 0.6) is 11.5 Å². The van der Waals surface area contributed by atoms with Crippen molar-refractivity contribution in [2.24, 2.45) is 5.10 Å². The minimum atomic E-state index is -0.231. The second kappa shape index (κ2) is 9.11. The summed E-state index contributed by atoms with van der Waals surface area (Å²) in [7, 11) is 3.14. The van der Waals surface area contributed by atoms with Gasteiger partial charge in [0.05, 0.1) is 27.0 Å². The van der Waals surface area contributed by atoms with E-state index in [1.807, 2.05) is 30.3 Å². The van der Waals surface area contributed by atoms with Crippen LogP contribution in [0.2, 0.25) is 0 Å². The summed E-state index contributed by atoms with van der Waals surface area (Å²) in [5.41, 5.74) is 4.15. The van der Waals surface area contributed by atoms with E-state index in [0.29, 0.717) is 11.5 Å². The lowest BCUT2D eigenvalue weighted by Crippen LogP contribution is -2.25. The molecule has 24 heavy (non-hydrogen) atoms. The van der Waals surface area contributed by atoms with Gasteiger partial charge in [0.1, 0.15) is 0 Å². The second-order valence-electron chi connectivity index (χ2n) is 4.77. The van der Waals surface area contributed by atoms with E-state index < -0.39 is 0 Å². The molecule has 0 unspecified atom stereocenters. The highest BCUT2D eigenvalue weighted by Crippen LogP contribution is 2.26. The highest BCUT2D eigenvalue weighted by Gasteiger charge is 2.03. The van der Waals surface area contributed by atoms with Crippen molar-refractivity contribution >= 4 is 40.4 Å². The van der Waals surface area contributed by atoms with Gasteiger partial charge >= 0.3 is 0 Å². The first kappa shape index (κ1) is 18.1. The van der Waals surface area contributed by atoms with Crippen LogP contribution in [0.1, 0.15) is 5.56 Å². The second-order valence-corrected chi connectivity index (χ2v) is 6.01. The van der Waals surface area contributed by atoms with E-state index in [4.69, 9.17) is 9.47 Å². The first-order valence-electron chi connectivity index (χ1n) is 7.15. The average molecular weight is 439 g/mol. The molecule has 2 N–H and O–H groups in total. The number of hydrogen-bond donors (Lipinski definition) is 2. The molecule has 0 aliphatic rings. The molecule has 0 radical (unpaired) electrons. The molecule has 0 saturated heterocycles. The Labute approximate surface area is 154 Å². The molecule has 1 amide bonds. The van der Waals surface area contributed by atoms with E-state index in [-0.39, 0.29) is 12.5 Å². The number of amides is 1. The molecule has 0 spiro atoms. The monoisotopic (exact) mass is 439 g/mol. The molecule has 0 bridgehead atoms. The van der Waals surface area contributed by atoms with Gasteiger partial charge in [0.2, 0.25) is 0 Å². The lowest BCUT2D eigenvalue weighted by molar-refractivity contribution is -0.119. The van der Waals surface area contributed by atoms with Crippen molar-refractivity contribution in [1.82, 2.24) is 5.43 Å².